The van der Waals surface area contributed by atoms with Crippen LogP contribution in [0.3, 0.4) is 0 Å². The van der Waals surface area contributed by atoms with Crippen molar-refractivity contribution in [3.05, 3.63) is 147 Å². The van der Waals surface area contributed by atoms with E-state index in [4.69, 9.17) is 9.47 Å². The van der Waals surface area contributed by atoms with Gasteiger partial charge in [0.05, 0.1) is 48.9 Å². The van der Waals surface area contributed by atoms with E-state index >= 15 is 0 Å². The number of rotatable bonds is 12. The van der Waals surface area contributed by atoms with Crippen LogP contribution in [0, 0.1) is 6.92 Å². The lowest BCUT2D eigenvalue weighted by Crippen LogP contribution is -2.44. The number of benzene rings is 3. The van der Waals surface area contributed by atoms with Gasteiger partial charge in [0, 0.05) is 76.1 Å². The van der Waals surface area contributed by atoms with Gasteiger partial charge in [0.25, 0.3) is 22.9 Å². The van der Waals surface area contributed by atoms with Gasteiger partial charge in [-0.3, -0.25) is 19.2 Å². The molecule has 0 saturated carbocycles. The molecule has 3 aromatic carbocycles. The molecule has 17 nitrogen and oxygen atoms in total. The first-order valence-electron chi connectivity index (χ1n) is 21.3. The van der Waals surface area contributed by atoms with E-state index in [1.807, 2.05) is 67.6 Å². The Hall–Kier alpha value is -7.63. The van der Waals surface area contributed by atoms with Crippen molar-refractivity contribution in [2.75, 3.05) is 112 Å². The zero-order valence-electron chi connectivity index (χ0n) is 37.2. The average molecular weight is 882 g/mol. The number of piperazine rings is 2. The van der Waals surface area contributed by atoms with E-state index in [-0.39, 0.29) is 11.1 Å². The summed E-state index contributed by atoms with van der Waals surface area (Å²) in [4.78, 5) is 70.0. The number of aromatic nitrogens is 3. The minimum atomic E-state index is -0.529. The van der Waals surface area contributed by atoms with Gasteiger partial charge in [0.1, 0.15) is 28.4 Å². The van der Waals surface area contributed by atoms with E-state index in [0.29, 0.717) is 45.6 Å². The third-order valence-corrected chi connectivity index (χ3v) is 11.3. The first-order valence-corrected chi connectivity index (χ1v) is 21.3. The number of carbonyl (C=O) groups is 2. The normalized spacial score (nSPS) is 14.1. The van der Waals surface area contributed by atoms with Gasteiger partial charge in [-0.25, -0.2) is 4.98 Å². The Morgan fingerprint density at radius 3 is 1.54 bits per heavy atom. The fraction of sp³-hybridized carbons (Fsp3) is 0.271. The lowest BCUT2D eigenvalue weighted by Gasteiger charge is -2.35. The number of para-hydroxylation sites is 4. The zero-order chi connectivity index (χ0) is 45.9. The van der Waals surface area contributed by atoms with Crippen molar-refractivity contribution < 1.29 is 19.1 Å². The molecular formula is C48H55N11O6. The Bertz CT molecular complexity index is 2710. The zero-order valence-corrected chi connectivity index (χ0v) is 37.2. The molecule has 338 valence electrons. The molecule has 2 amide bonds. The first-order chi connectivity index (χ1) is 31.5. The van der Waals surface area contributed by atoms with Crippen molar-refractivity contribution in [1.82, 2.24) is 24.8 Å². The van der Waals surface area contributed by atoms with Crippen molar-refractivity contribution in [3.8, 4) is 11.5 Å². The van der Waals surface area contributed by atoms with Gasteiger partial charge in [-0.1, -0.05) is 24.3 Å². The number of aromatic amines is 2. The minimum absolute atomic E-state index is 0.00389. The number of likely N-dealkylation sites (N-methyl/N-ethyl adjacent to an activating group) is 2. The Labute approximate surface area is 377 Å². The summed E-state index contributed by atoms with van der Waals surface area (Å²) >= 11 is 0. The molecule has 0 bridgehead atoms. The second kappa shape index (κ2) is 21.2. The van der Waals surface area contributed by atoms with E-state index in [9.17, 15) is 19.2 Å². The lowest BCUT2D eigenvalue weighted by molar-refractivity contribution is 0.101. The maximum atomic E-state index is 13.1. The molecule has 17 heteroatoms. The van der Waals surface area contributed by atoms with Gasteiger partial charge in [0.2, 0.25) is 0 Å². The van der Waals surface area contributed by atoms with Crippen LogP contribution in [0.25, 0.3) is 0 Å². The second-order valence-electron chi connectivity index (χ2n) is 15.7. The predicted octanol–water partition coefficient (Wildman–Crippen LogP) is 5.97. The third kappa shape index (κ3) is 11.3. The maximum Gasteiger partial charge on any atom is 0.263 e. The Balaban J connectivity index is 0.000000194. The molecule has 5 heterocycles. The van der Waals surface area contributed by atoms with Crippen LogP contribution < -0.4 is 51.7 Å². The topological polar surface area (TPSA) is 192 Å². The molecule has 65 heavy (non-hydrogen) atoms. The largest absolute Gasteiger partial charge is 0.495 e. The van der Waals surface area contributed by atoms with E-state index < -0.39 is 22.9 Å². The highest BCUT2D eigenvalue weighted by Gasteiger charge is 2.21. The summed E-state index contributed by atoms with van der Waals surface area (Å²) in [5.41, 5.74) is 4.47. The maximum absolute atomic E-state index is 13.1. The molecule has 2 aliphatic rings. The molecular weight excluding hydrogens is 827 g/mol. The molecule has 0 radical (unpaired) electrons. The van der Waals surface area contributed by atoms with Gasteiger partial charge in [-0.05, 0) is 93.3 Å². The van der Waals surface area contributed by atoms with Crippen molar-refractivity contribution in [2.45, 2.75) is 6.92 Å². The van der Waals surface area contributed by atoms with Gasteiger partial charge in [-0.2, -0.15) is 0 Å². The molecule has 2 aliphatic heterocycles. The highest BCUT2D eigenvalue weighted by atomic mass is 16.5. The standard InChI is InChI=1S/C25H29N5O3.C23H26N6O3/c1-17-16-18(8-9-21(17)30-14-12-29(2)13-15-30)27-25(32)23-20(10-11-26-24(23)31)28-19-6-4-5-7-22(19)33-3;1-28-11-13-29(14-12-28)20-8-7-16(15-25-20)26-23(31)21-18(9-10-24-22(21)30)27-17-5-3-4-6-19(17)32-2/h4-11,16H,12-15H2,1-3H3,(H,27,32)(H2,26,28,31);3-10,15H,11-14H2,1-2H3,(H,26,31)(H2,24,27,30). The van der Waals surface area contributed by atoms with Crippen molar-refractivity contribution >= 4 is 57.4 Å². The number of nitrogens with zero attached hydrogens (tertiary/aromatic N) is 5. The molecule has 2 fully saturated rings. The Morgan fingerprint density at radius 2 is 1.06 bits per heavy atom. The molecule has 8 rings (SSSR count). The molecule has 0 atom stereocenters. The molecule has 2 saturated heterocycles. The van der Waals surface area contributed by atoms with Gasteiger partial charge in [-0.15, -0.1) is 0 Å². The summed E-state index contributed by atoms with van der Waals surface area (Å²) in [5.74, 6) is 1.06. The van der Waals surface area contributed by atoms with E-state index in [2.05, 4.69) is 69.9 Å². The number of nitrogens with one attached hydrogen (secondary N) is 6. The van der Waals surface area contributed by atoms with Crippen LogP contribution in [0.1, 0.15) is 26.3 Å². The molecule has 3 aromatic heterocycles. The number of hydrogen-bond donors (Lipinski definition) is 6. The van der Waals surface area contributed by atoms with E-state index in [1.54, 1.807) is 50.7 Å². The highest BCUT2D eigenvalue weighted by Crippen LogP contribution is 2.30. The summed E-state index contributed by atoms with van der Waals surface area (Å²) in [6.07, 6.45) is 4.60. The summed E-state index contributed by atoms with van der Waals surface area (Å²) in [6.45, 7) is 9.82. The van der Waals surface area contributed by atoms with E-state index in [0.717, 1.165) is 69.4 Å². The van der Waals surface area contributed by atoms with Crippen molar-refractivity contribution in [2.24, 2.45) is 0 Å². The van der Waals surface area contributed by atoms with Gasteiger partial charge in [0.15, 0.2) is 0 Å². The Kier molecular flexibility index (Phi) is 14.8. The monoisotopic (exact) mass is 881 g/mol. The van der Waals surface area contributed by atoms with Gasteiger partial charge < -0.3 is 60.3 Å². The first kappa shape index (κ1) is 45.4. The van der Waals surface area contributed by atoms with Crippen LogP contribution in [0.5, 0.6) is 11.5 Å². The van der Waals surface area contributed by atoms with Crippen LogP contribution in [0.15, 0.2) is 119 Å². The summed E-state index contributed by atoms with van der Waals surface area (Å²) in [6, 6.07) is 27.4. The number of amides is 2. The molecule has 0 aliphatic carbocycles. The second-order valence-corrected chi connectivity index (χ2v) is 15.7. The molecule has 6 aromatic rings. The third-order valence-electron chi connectivity index (χ3n) is 11.3. The lowest BCUT2D eigenvalue weighted by atomic mass is 10.1. The molecule has 0 unspecified atom stereocenters. The smallest absolute Gasteiger partial charge is 0.263 e. The number of pyridine rings is 3. The van der Waals surface area contributed by atoms with Gasteiger partial charge >= 0.3 is 0 Å². The number of carbonyl (C=O) groups excluding carboxylic acids is 2. The summed E-state index contributed by atoms with van der Waals surface area (Å²) in [5, 5.41) is 11.9. The number of H-pyrrole nitrogens is 2. The van der Waals surface area contributed by atoms with E-state index in [1.165, 1.54) is 12.4 Å². The quantitative estimate of drug-likeness (QED) is 0.0844. The SMILES string of the molecule is COc1ccccc1Nc1cc[nH]c(=O)c1C(=O)Nc1ccc(N2CCN(C)CC2)c(C)c1.COc1ccccc1Nc1cc[nH]c(=O)c1C(=O)Nc1ccc(N2CCN(C)CC2)nc1. The number of hydrogen-bond acceptors (Lipinski definition) is 13. The van der Waals surface area contributed by atoms with Crippen molar-refractivity contribution in [3.63, 3.8) is 0 Å². The molecule has 0 spiro atoms. The molecule has 6 N–H and O–H groups in total. The number of methoxy groups -OCH3 is 2. The van der Waals surface area contributed by atoms with Crippen LogP contribution in [-0.2, 0) is 0 Å². The van der Waals surface area contributed by atoms with Crippen LogP contribution in [-0.4, -0.2) is 117 Å². The fourth-order valence-corrected chi connectivity index (χ4v) is 7.61. The fourth-order valence-electron chi connectivity index (χ4n) is 7.61. The van der Waals surface area contributed by atoms with Crippen LogP contribution in [0.4, 0.5) is 45.6 Å². The van der Waals surface area contributed by atoms with Crippen LogP contribution in [0.2, 0.25) is 0 Å². The highest BCUT2D eigenvalue weighted by molar-refractivity contribution is 6.09. The summed E-state index contributed by atoms with van der Waals surface area (Å²) < 4.78 is 10.7. The Morgan fingerprint density at radius 1 is 0.585 bits per heavy atom. The minimum Gasteiger partial charge on any atom is -0.495 e. The number of ether oxygens (including phenoxy) is 2. The van der Waals surface area contributed by atoms with Crippen molar-refractivity contribution in [1.29, 1.82) is 0 Å². The van der Waals surface area contributed by atoms with Crippen LogP contribution >= 0.6 is 0 Å². The number of aryl methyl sites for hydroxylation is 1. The predicted molar refractivity (Wildman–Crippen MR) is 257 cm³/mol. The summed E-state index contributed by atoms with van der Waals surface area (Å²) in [7, 11) is 7.36. The average Bonchev–Trinajstić information content (AvgIpc) is 3.30. The number of anilines is 8.